The molecule has 3 amide bonds. The van der Waals surface area contributed by atoms with Crippen LogP contribution in [0.1, 0.15) is 15.9 Å². The van der Waals surface area contributed by atoms with Gasteiger partial charge in [0.1, 0.15) is 0 Å². The van der Waals surface area contributed by atoms with Crippen LogP contribution in [0.5, 0.6) is 28.7 Å². The molecule has 34 heavy (non-hydrogen) atoms. The second-order valence-electron chi connectivity index (χ2n) is 7.12. The summed E-state index contributed by atoms with van der Waals surface area (Å²) in [4.78, 5) is 39.1. The molecule has 2 heterocycles. The maximum Gasteiger partial charge on any atom is 0.293 e. The molecule has 0 aliphatic carbocycles. The van der Waals surface area contributed by atoms with E-state index in [1.807, 2.05) is 0 Å². The van der Waals surface area contributed by atoms with E-state index < -0.39 is 17.1 Å². The summed E-state index contributed by atoms with van der Waals surface area (Å²) in [6.07, 6.45) is 1.63. The Bertz CT molecular complexity index is 1150. The van der Waals surface area contributed by atoms with Crippen molar-refractivity contribution >= 4 is 34.9 Å². The van der Waals surface area contributed by atoms with E-state index in [-0.39, 0.29) is 25.4 Å². The summed E-state index contributed by atoms with van der Waals surface area (Å²) in [6.45, 7) is 0.251. The van der Waals surface area contributed by atoms with Gasteiger partial charge in [-0.05, 0) is 47.7 Å². The third-order valence-electron chi connectivity index (χ3n) is 5.12. The molecule has 1 fully saturated rings. The Balaban J connectivity index is 1.39. The highest BCUT2D eigenvalue weighted by atomic mass is 32.2. The fraction of sp³-hybridized carbons (Fsp3) is 0.261. The monoisotopic (exact) mass is 486 g/mol. The normalized spacial score (nSPS) is 15.6. The van der Waals surface area contributed by atoms with E-state index in [0.29, 0.717) is 39.2 Å². The number of ether oxygens (including phenoxy) is 5. The Morgan fingerprint density at radius 1 is 1.06 bits per heavy atom. The van der Waals surface area contributed by atoms with Crippen LogP contribution in [0.4, 0.5) is 4.79 Å². The largest absolute Gasteiger partial charge is 0.493 e. The third-order valence-corrected chi connectivity index (χ3v) is 6.02. The summed E-state index contributed by atoms with van der Waals surface area (Å²) in [6, 6.07) is 8.31. The van der Waals surface area contributed by atoms with Crippen LogP contribution in [0, 0.1) is 0 Å². The van der Waals surface area contributed by atoms with Crippen LogP contribution in [-0.2, 0) is 4.79 Å². The standard InChI is InChI=1S/C23H22N2O8S/c1-29-17-10-14(11-18(30-2)20(17)31-3)21(26)24-6-7-25-22(27)19(34-23(25)28)9-13-4-5-15-16(8-13)33-12-32-15/h4-5,8-11H,6-7,12H2,1-3H3,(H,24,26)/b19-9-. The molecule has 10 nitrogen and oxygen atoms in total. The summed E-state index contributed by atoms with van der Waals surface area (Å²) in [5.41, 5.74) is 0.997. The van der Waals surface area contributed by atoms with E-state index in [2.05, 4.69) is 5.32 Å². The molecule has 0 saturated carbocycles. The summed E-state index contributed by atoms with van der Waals surface area (Å²) >= 11 is 0.846. The van der Waals surface area contributed by atoms with Crippen molar-refractivity contribution in [2.24, 2.45) is 0 Å². The van der Waals surface area contributed by atoms with Crippen LogP contribution in [0.25, 0.3) is 6.08 Å². The van der Waals surface area contributed by atoms with E-state index in [1.165, 1.54) is 33.5 Å². The number of carbonyl (C=O) groups is 3. The van der Waals surface area contributed by atoms with Crippen molar-refractivity contribution in [3.8, 4) is 28.7 Å². The van der Waals surface area contributed by atoms with Gasteiger partial charge in [0.05, 0.1) is 26.2 Å². The van der Waals surface area contributed by atoms with Crippen molar-refractivity contribution in [3.63, 3.8) is 0 Å². The van der Waals surface area contributed by atoms with E-state index >= 15 is 0 Å². The smallest absolute Gasteiger partial charge is 0.293 e. The van der Waals surface area contributed by atoms with Crippen LogP contribution in [-0.4, -0.2) is 63.2 Å². The first kappa shape index (κ1) is 23.3. The van der Waals surface area contributed by atoms with Gasteiger partial charge in [0.25, 0.3) is 17.1 Å². The minimum atomic E-state index is -0.422. The van der Waals surface area contributed by atoms with E-state index in [4.69, 9.17) is 23.7 Å². The highest BCUT2D eigenvalue weighted by molar-refractivity contribution is 8.18. The van der Waals surface area contributed by atoms with E-state index in [9.17, 15) is 14.4 Å². The number of hydrogen-bond acceptors (Lipinski definition) is 9. The first-order valence-corrected chi connectivity index (χ1v) is 11.0. The molecule has 2 aromatic rings. The third kappa shape index (κ3) is 4.60. The summed E-state index contributed by atoms with van der Waals surface area (Å²) in [5.74, 6) is 1.43. The van der Waals surface area contributed by atoms with Crippen LogP contribution < -0.4 is 29.0 Å². The zero-order valence-electron chi connectivity index (χ0n) is 18.7. The number of methoxy groups -OCH3 is 3. The lowest BCUT2D eigenvalue weighted by atomic mass is 10.1. The van der Waals surface area contributed by atoms with Gasteiger partial charge in [0, 0.05) is 18.7 Å². The average molecular weight is 487 g/mol. The lowest BCUT2D eigenvalue weighted by Crippen LogP contribution is -2.37. The molecule has 2 aliphatic rings. The Hall–Kier alpha value is -3.86. The van der Waals surface area contributed by atoms with Crippen LogP contribution in [0.3, 0.4) is 0 Å². The lowest BCUT2D eigenvalue weighted by Gasteiger charge is -2.15. The van der Waals surface area contributed by atoms with Crippen LogP contribution >= 0.6 is 11.8 Å². The van der Waals surface area contributed by atoms with Gasteiger partial charge in [0.2, 0.25) is 12.5 Å². The molecule has 4 rings (SSSR count). The van der Waals surface area contributed by atoms with Crippen LogP contribution in [0.2, 0.25) is 0 Å². The molecule has 1 saturated heterocycles. The zero-order valence-corrected chi connectivity index (χ0v) is 19.5. The number of benzene rings is 2. The Labute approximate surface area is 199 Å². The lowest BCUT2D eigenvalue weighted by molar-refractivity contribution is -0.122. The molecule has 0 radical (unpaired) electrons. The number of nitrogens with one attached hydrogen (secondary N) is 1. The van der Waals surface area contributed by atoms with Crippen molar-refractivity contribution in [1.29, 1.82) is 0 Å². The number of nitrogens with zero attached hydrogens (tertiary/aromatic N) is 1. The molecule has 11 heteroatoms. The van der Waals surface area contributed by atoms with Gasteiger partial charge in [-0.25, -0.2) is 0 Å². The van der Waals surface area contributed by atoms with E-state index in [1.54, 1.807) is 24.3 Å². The first-order valence-electron chi connectivity index (χ1n) is 10.2. The molecular weight excluding hydrogens is 464 g/mol. The molecule has 0 bridgehead atoms. The molecule has 0 unspecified atom stereocenters. The number of thioether (sulfide) groups is 1. The fourth-order valence-corrected chi connectivity index (χ4v) is 4.31. The van der Waals surface area contributed by atoms with Gasteiger partial charge in [-0.15, -0.1) is 0 Å². The Kier molecular flexibility index (Phi) is 6.82. The van der Waals surface area contributed by atoms with Crippen molar-refractivity contribution in [2.75, 3.05) is 41.2 Å². The number of rotatable bonds is 8. The molecule has 2 aromatic carbocycles. The zero-order chi connectivity index (χ0) is 24.2. The van der Waals surface area contributed by atoms with Gasteiger partial charge >= 0.3 is 0 Å². The summed E-state index contributed by atoms with van der Waals surface area (Å²) in [7, 11) is 4.38. The van der Waals surface area contributed by atoms with Crippen LogP contribution in [0.15, 0.2) is 35.2 Å². The van der Waals surface area contributed by atoms with Gasteiger partial charge in [0.15, 0.2) is 23.0 Å². The molecule has 0 spiro atoms. The molecule has 178 valence electrons. The first-order chi connectivity index (χ1) is 16.4. The Morgan fingerprint density at radius 2 is 1.76 bits per heavy atom. The number of fused-ring (bicyclic) bond motifs is 1. The Morgan fingerprint density at radius 3 is 2.44 bits per heavy atom. The van der Waals surface area contributed by atoms with Crippen molar-refractivity contribution < 1.29 is 38.1 Å². The van der Waals surface area contributed by atoms with Crippen molar-refractivity contribution in [1.82, 2.24) is 10.2 Å². The molecular formula is C23H22N2O8S. The highest BCUT2D eigenvalue weighted by Gasteiger charge is 2.34. The summed E-state index contributed by atoms with van der Waals surface area (Å²) < 4.78 is 26.4. The second-order valence-corrected chi connectivity index (χ2v) is 8.11. The minimum Gasteiger partial charge on any atom is -0.493 e. The fourth-order valence-electron chi connectivity index (χ4n) is 3.44. The van der Waals surface area contributed by atoms with Gasteiger partial charge < -0.3 is 29.0 Å². The SMILES string of the molecule is COc1cc(C(=O)NCCN2C(=O)S/C(=C\c3ccc4c(c3)OCO4)C2=O)cc(OC)c1OC. The number of imide groups is 1. The topological polar surface area (TPSA) is 113 Å². The van der Waals surface area contributed by atoms with Gasteiger partial charge in [-0.1, -0.05) is 6.07 Å². The molecule has 1 N–H and O–H groups in total. The minimum absolute atomic E-state index is 0.0271. The molecule has 2 aliphatic heterocycles. The average Bonchev–Trinajstić information content (AvgIpc) is 3.42. The summed E-state index contributed by atoms with van der Waals surface area (Å²) in [5, 5.41) is 2.30. The maximum absolute atomic E-state index is 12.7. The number of hydrogen-bond donors (Lipinski definition) is 1. The van der Waals surface area contributed by atoms with E-state index in [0.717, 1.165) is 16.7 Å². The number of carbonyl (C=O) groups excluding carboxylic acids is 3. The predicted octanol–water partition coefficient (Wildman–Crippen LogP) is 2.91. The van der Waals surface area contributed by atoms with Crippen molar-refractivity contribution in [2.45, 2.75) is 0 Å². The molecule has 0 aromatic heterocycles. The highest BCUT2D eigenvalue weighted by Crippen LogP contribution is 2.38. The molecule has 0 atom stereocenters. The van der Waals surface area contributed by atoms with Gasteiger partial charge in [-0.2, -0.15) is 0 Å². The second kappa shape index (κ2) is 9.96. The van der Waals surface area contributed by atoms with Gasteiger partial charge in [-0.3, -0.25) is 19.3 Å². The maximum atomic E-state index is 12.7. The number of amides is 3. The predicted molar refractivity (Wildman–Crippen MR) is 124 cm³/mol. The quantitative estimate of drug-likeness (QED) is 0.563. The van der Waals surface area contributed by atoms with Crippen molar-refractivity contribution in [3.05, 3.63) is 46.4 Å².